The molecule has 192 valence electrons. The smallest absolute Gasteiger partial charge is 0.414 e. The van der Waals surface area contributed by atoms with Crippen molar-refractivity contribution in [2.45, 2.75) is 6.54 Å². The molecule has 0 saturated heterocycles. The van der Waals surface area contributed by atoms with Gasteiger partial charge in [-0.1, -0.05) is 0 Å². The van der Waals surface area contributed by atoms with Crippen LogP contribution < -0.4 is 20.9 Å². The topological polar surface area (TPSA) is 131 Å². The number of carbonyl (C=O) groups excluding carboxylic acids is 1. The van der Waals surface area contributed by atoms with Crippen LogP contribution >= 0.6 is 11.3 Å². The van der Waals surface area contributed by atoms with Gasteiger partial charge in [-0.3, -0.25) is 9.69 Å². The van der Waals surface area contributed by atoms with Crippen LogP contribution in [0.2, 0.25) is 0 Å². The van der Waals surface area contributed by atoms with Crippen molar-refractivity contribution in [1.82, 2.24) is 9.55 Å². The van der Waals surface area contributed by atoms with Gasteiger partial charge in [0.15, 0.2) is 11.6 Å². The molecule has 0 saturated carbocycles. The number of carboxylic acids is 1. The van der Waals surface area contributed by atoms with Gasteiger partial charge in [-0.2, -0.15) is 0 Å². The molecule has 10 nitrogen and oxygen atoms in total. The summed E-state index contributed by atoms with van der Waals surface area (Å²) < 4.78 is 53.6. The second kappa shape index (κ2) is 9.81. The summed E-state index contributed by atoms with van der Waals surface area (Å²) in [6, 6.07) is 4.84. The highest BCUT2D eigenvalue weighted by molar-refractivity contribution is 7.13. The summed E-state index contributed by atoms with van der Waals surface area (Å²) >= 11 is 0.700. The molecule has 0 aliphatic rings. The average molecular weight is 535 g/mol. The molecule has 0 atom stereocenters. The Labute approximate surface area is 208 Å². The number of aromatic amines is 1. The van der Waals surface area contributed by atoms with E-state index in [-0.39, 0.29) is 32.8 Å². The molecule has 14 heteroatoms. The lowest BCUT2D eigenvalue weighted by molar-refractivity contribution is 0.0704. The molecular weight excluding hydrogens is 519 g/mol. The number of rotatable bonds is 6. The Kier molecular flexibility index (Phi) is 6.76. The van der Waals surface area contributed by atoms with Crippen LogP contribution in [0.15, 0.2) is 45.3 Å². The SMILES string of the molecule is COC(=O)N(Cc1c(OC)ccc(F)c1F)c1ccc(F)c(-n2c(=O)[nH]c3csc(C(=O)O)c3c2=O)c1. The molecule has 0 bridgehead atoms. The van der Waals surface area contributed by atoms with Gasteiger partial charge < -0.3 is 19.6 Å². The highest BCUT2D eigenvalue weighted by Gasteiger charge is 2.25. The number of thiophene rings is 1. The number of anilines is 1. The molecule has 2 aromatic heterocycles. The monoisotopic (exact) mass is 535 g/mol. The number of hydrogen-bond acceptors (Lipinski definition) is 7. The number of aromatic carboxylic acids is 1. The minimum absolute atomic E-state index is 0.0462. The van der Waals surface area contributed by atoms with Gasteiger partial charge in [0, 0.05) is 11.1 Å². The molecule has 0 unspecified atom stereocenters. The summed E-state index contributed by atoms with van der Waals surface area (Å²) in [6.45, 7) is -0.636. The molecule has 0 spiro atoms. The largest absolute Gasteiger partial charge is 0.496 e. The maximum Gasteiger partial charge on any atom is 0.414 e. The number of nitrogens with one attached hydrogen (secondary N) is 1. The van der Waals surface area contributed by atoms with E-state index in [4.69, 9.17) is 9.47 Å². The van der Waals surface area contributed by atoms with Crippen molar-refractivity contribution < 1.29 is 37.3 Å². The number of H-pyrrole nitrogens is 1. The summed E-state index contributed by atoms with van der Waals surface area (Å²) in [4.78, 5) is 52.7. The van der Waals surface area contributed by atoms with Gasteiger partial charge in [0.05, 0.1) is 42.9 Å². The number of aromatic nitrogens is 2. The second-order valence-electron chi connectivity index (χ2n) is 7.46. The molecule has 2 heterocycles. The predicted molar refractivity (Wildman–Crippen MR) is 126 cm³/mol. The van der Waals surface area contributed by atoms with Crippen LogP contribution in [-0.4, -0.2) is 40.9 Å². The predicted octanol–water partition coefficient (Wildman–Crippen LogP) is 3.64. The summed E-state index contributed by atoms with van der Waals surface area (Å²) in [6.07, 6.45) is -1.06. The Bertz CT molecular complexity index is 1680. The Morgan fingerprint density at radius 2 is 1.81 bits per heavy atom. The summed E-state index contributed by atoms with van der Waals surface area (Å²) in [5.74, 6) is -5.09. The second-order valence-corrected chi connectivity index (χ2v) is 8.34. The van der Waals surface area contributed by atoms with Crippen LogP contribution in [0.25, 0.3) is 16.6 Å². The fraction of sp³-hybridized carbons (Fsp3) is 0.130. The Hall–Kier alpha value is -4.59. The van der Waals surface area contributed by atoms with E-state index in [1.54, 1.807) is 0 Å². The van der Waals surface area contributed by atoms with Gasteiger partial charge >= 0.3 is 17.8 Å². The zero-order valence-corrected chi connectivity index (χ0v) is 19.8. The fourth-order valence-corrected chi connectivity index (χ4v) is 4.53. The van der Waals surface area contributed by atoms with Crippen LogP contribution in [0.3, 0.4) is 0 Å². The van der Waals surface area contributed by atoms with Crippen molar-refractivity contribution in [1.29, 1.82) is 0 Å². The number of carbonyl (C=O) groups is 2. The van der Waals surface area contributed by atoms with Crippen molar-refractivity contribution in [2.75, 3.05) is 19.1 Å². The zero-order chi connectivity index (χ0) is 27.0. The lowest BCUT2D eigenvalue weighted by Gasteiger charge is -2.23. The van der Waals surface area contributed by atoms with Gasteiger partial charge in [-0.15, -0.1) is 11.3 Å². The third-order valence-corrected chi connectivity index (χ3v) is 6.38. The van der Waals surface area contributed by atoms with E-state index in [9.17, 15) is 37.5 Å². The third kappa shape index (κ3) is 4.42. The lowest BCUT2D eigenvalue weighted by atomic mass is 10.1. The number of fused-ring (bicyclic) bond motifs is 1. The van der Waals surface area contributed by atoms with E-state index in [2.05, 4.69) is 4.98 Å². The first-order chi connectivity index (χ1) is 17.6. The maximum atomic E-state index is 14.9. The number of amides is 1. The molecule has 4 rings (SSSR count). The number of benzene rings is 2. The van der Waals surface area contributed by atoms with Crippen LogP contribution in [0.5, 0.6) is 5.75 Å². The summed E-state index contributed by atoms with van der Waals surface area (Å²) in [5, 5.41) is 10.3. The van der Waals surface area contributed by atoms with Crippen LogP contribution in [0.1, 0.15) is 15.2 Å². The van der Waals surface area contributed by atoms with Crippen LogP contribution in [-0.2, 0) is 11.3 Å². The number of halogens is 3. The van der Waals surface area contributed by atoms with Gasteiger partial charge in [0.1, 0.15) is 16.4 Å². The molecule has 0 aliphatic carbocycles. The molecule has 0 aliphatic heterocycles. The van der Waals surface area contributed by atoms with Gasteiger partial charge in [-0.05, 0) is 30.3 Å². The highest BCUT2D eigenvalue weighted by atomic mass is 32.1. The van der Waals surface area contributed by atoms with Gasteiger partial charge in [-0.25, -0.2) is 32.1 Å². The normalized spacial score (nSPS) is 10.9. The first-order valence-electron chi connectivity index (χ1n) is 10.2. The molecule has 2 N–H and O–H groups in total. The molecule has 37 heavy (non-hydrogen) atoms. The Balaban J connectivity index is 1.92. The number of nitrogens with zero attached hydrogens (tertiary/aromatic N) is 2. The van der Waals surface area contributed by atoms with E-state index in [0.717, 1.165) is 42.3 Å². The quantitative estimate of drug-likeness (QED) is 0.386. The standard InChI is InChI=1S/C23H16F3N3O7S/c1-35-16-6-5-13(25)18(26)11(16)8-28(23(34)36-2)10-3-4-12(24)15(7-10)29-20(30)17-14(27-22(29)33)9-37-19(17)21(31)32/h3-7,9H,8H2,1-2H3,(H,27,33)(H,31,32). The van der Waals surface area contributed by atoms with E-state index in [1.807, 2.05) is 0 Å². The van der Waals surface area contributed by atoms with Gasteiger partial charge in [0.25, 0.3) is 5.56 Å². The minimum Gasteiger partial charge on any atom is -0.496 e. The van der Waals surface area contributed by atoms with Crippen molar-refractivity contribution in [3.05, 3.63) is 84.4 Å². The minimum atomic E-state index is -1.42. The molecule has 0 radical (unpaired) electrons. The third-order valence-electron chi connectivity index (χ3n) is 5.41. The summed E-state index contributed by atoms with van der Waals surface area (Å²) in [5.41, 5.74) is -3.39. The fourth-order valence-electron chi connectivity index (χ4n) is 3.70. The number of hydrogen-bond donors (Lipinski definition) is 2. The van der Waals surface area contributed by atoms with Crippen molar-refractivity contribution in [2.24, 2.45) is 0 Å². The number of carboxylic acid groups (broad SMARTS) is 1. The lowest BCUT2D eigenvalue weighted by Crippen LogP contribution is -2.35. The molecule has 0 fully saturated rings. The number of methoxy groups -OCH3 is 2. The zero-order valence-electron chi connectivity index (χ0n) is 19.0. The first kappa shape index (κ1) is 25.5. The first-order valence-corrected chi connectivity index (χ1v) is 11.1. The maximum absolute atomic E-state index is 14.9. The van der Waals surface area contributed by atoms with E-state index in [0.29, 0.717) is 15.9 Å². The Morgan fingerprint density at radius 3 is 2.46 bits per heavy atom. The van der Waals surface area contributed by atoms with Crippen molar-refractivity contribution in [3.8, 4) is 11.4 Å². The summed E-state index contributed by atoms with van der Waals surface area (Å²) in [7, 11) is 2.23. The van der Waals surface area contributed by atoms with Crippen LogP contribution in [0, 0.1) is 17.5 Å². The molecule has 2 aromatic carbocycles. The molecule has 1 amide bonds. The molecular formula is C23H16F3N3O7S. The van der Waals surface area contributed by atoms with Crippen molar-refractivity contribution >= 4 is 40.0 Å². The molecule has 4 aromatic rings. The van der Waals surface area contributed by atoms with Crippen LogP contribution in [0.4, 0.5) is 23.7 Å². The van der Waals surface area contributed by atoms with E-state index in [1.165, 1.54) is 12.5 Å². The Morgan fingerprint density at radius 1 is 1.11 bits per heavy atom. The van der Waals surface area contributed by atoms with Gasteiger partial charge in [0.2, 0.25) is 0 Å². The van der Waals surface area contributed by atoms with E-state index >= 15 is 0 Å². The number of ether oxygens (including phenoxy) is 2. The van der Waals surface area contributed by atoms with E-state index < -0.39 is 53.0 Å². The highest BCUT2D eigenvalue weighted by Crippen LogP contribution is 2.29. The average Bonchev–Trinajstić information content (AvgIpc) is 3.30. The van der Waals surface area contributed by atoms with Crippen molar-refractivity contribution in [3.63, 3.8) is 0 Å².